The van der Waals surface area contributed by atoms with Crippen molar-refractivity contribution in [3.05, 3.63) is 42.4 Å². The van der Waals surface area contributed by atoms with Crippen LogP contribution in [0.4, 0.5) is 5.69 Å². The van der Waals surface area contributed by atoms with Gasteiger partial charge in [-0.3, -0.25) is 4.79 Å². The van der Waals surface area contributed by atoms with Crippen molar-refractivity contribution in [2.24, 2.45) is 0 Å². The Kier molecular flexibility index (Phi) is 3.83. The first-order valence-corrected chi connectivity index (χ1v) is 7.36. The number of aromatic amines is 1. The number of nitrogens with one attached hydrogen (secondary N) is 2. The van der Waals surface area contributed by atoms with Crippen LogP contribution < -0.4 is 11.1 Å². The number of fused-ring (bicyclic) bond motifs is 1. The average molecular weight is 302 g/mol. The number of amides is 1. The third-order valence-electron chi connectivity index (χ3n) is 2.86. The Hall–Kier alpha value is -2.41. The Morgan fingerprint density at radius 2 is 2.33 bits per heavy atom. The Morgan fingerprint density at radius 3 is 3.14 bits per heavy atom. The Labute approximate surface area is 125 Å². The van der Waals surface area contributed by atoms with Crippen LogP contribution in [-0.2, 0) is 11.3 Å². The lowest BCUT2D eigenvalue weighted by molar-refractivity contribution is -0.118. The summed E-state index contributed by atoms with van der Waals surface area (Å²) in [6, 6.07) is 9.08. The number of hydrogen-bond acceptors (Lipinski definition) is 5. The van der Waals surface area contributed by atoms with Crippen LogP contribution >= 0.6 is 11.8 Å². The minimum absolute atomic E-state index is 0.0728. The number of nitrogens with two attached hydrogens (primary N) is 1. The van der Waals surface area contributed by atoms with E-state index in [2.05, 4.69) is 15.3 Å². The Balaban J connectivity index is 1.54. The van der Waals surface area contributed by atoms with E-state index in [1.165, 1.54) is 11.8 Å². The van der Waals surface area contributed by atoms with Gasteiger partial charge in [-0.25, -0.2) is 4.98 Å². The summed E-state index contributed by atoms with van der Waals surface area (Å²) >= 11 is 1.35. The van der Waals surface area contributed by atoms with Gasteiger partial charge in [0.15, 0.2) is 5.16 Å². The van der Waals surface area contributed by atoms with E-state index in [4.69, 9.17) is 10.2 Å². The fraction of sp³-hybridized carbons (Fsp3) is 0.143. The van der Waals surface area contributed by atoms with Gasteiger partial charge in [0.05, 0.1) is 29.6 Å². The first-order valence-electron chi connectivity index (χ1n) is 6.38. The predicted molar refractivity (Wildman–Crippen MR) is 81.8 cm³/mol. The van der Waals surface area contributed by atoms with Crippen molar-refractivity contribution in [2.75, 3.05) is 11.5 Å². The van der Waals surface area contributed by atoms with E-state index in [9.17, 15) is 4.79 Å². The molecule has 108 valence electrons. The van der Waals surface area contributed by atoms with Gasteiger partial charge >= 0.3 is 0 Å². The molecule has 0 saturated heterocycles. The number of nitrogens with zero attached hydrogens (tertiary/aromatic N) is 1. The first kappa shape index (κ1) is 13.6. The third kappa shape index (κ3) is 3.38. The van der Waals surface area contributed by atoms with E-state index in [0.29, 0.717) is 17.4 Å². The Morgan fingerprint density at radius 1 is 1.43 bits per heavy atom. The summed E-state index contributed by atoms with van der Waals surface area (Å²) in [5.41, 5.74) is 8.10. The number of H-pyrrole nitrogens is 1. The maximum atomic E-state index is 11.7. The zero-order chi connectivity index (χ0) is 14.7. The standard InChI is InChI=1S/C14H14N4O2S/c15-9-3-4-11-12(6-9)18-14(17-11)21-8-13(19)16-7-10-2-1-5-20-10/h1-6H,7-8,15H2,(H,16,19)(H,17,18). The van der Waals surface area contributed by atoms with E-state index in [-0.39, 0.29) is 11.7 Å². The van der Waals surface area contributed by atoms with Crippen molar-refractivity contribution in [3.63, 3.8) is 0 Å². The zero-order valence-electron chi connectivity index (χ0n) is 11.1. The summed E-state index contributed by atoms with van der Waals surface area (Å²) in [4.78, 5) is 19.3. The molecule has 0 aliphatic rings. The number of imidazole rings is 1. The van der Waals surface area contributed by atoms with Crippen LogP contribution in [0.3, 0.4) is 0 Å². The van der Waals surface area contributed by atoms with Gasteiger partial charge in [-0.2, -0.15) is 0 Å². The lowest BCUT2D eigenvalue weighted by Crippen LogP contribution is -2.24. The van der Waals surface area contributed by atoms with Gasteiger partial charge in [0.1, 0.15) is 5.76 Å². The number of hydrogen-bond donors (Lipinski definition) is 3. The molecule has 1 amide bonds. The van der Waals surface area contributed by atoms with E-state index in [1.807, 2.05) is 18.2 Å². The molecule has 21 heavy (non-hydrogen) atoms. The average Bonchev–Trinajstić information content (AvgIpc) is 3.11. The molecule has 4 N–H and O–H groups in total. The van der Waals surface area contributed by atoms with Crippen molar-refractivity contribution < 1.29 is 9.21 Å². The van der Waals surface area contributed by atoms with Crippen LogP contribution in [0, 0.1) is 0 Å². The van der Waals surface area contributed by atoms with E-state index in [0.717, 1.165) is 16.8 Å². The maximum Gasteiger partial charge on any atom is 0.230 e. The number of carbonyl (C=O) groups is 1. The molecule has 2 heterocycles. The number of anilines is 1. The molecule has 0 atom stereocenters. The smallest absolute Gasteiger partial charge is 0.230 e. The van der Waals surface area contributed by atoms with Crippen LogP contribution in [-0.4, -0.2) is 21.6 Å². The number of benzene rings is 1. The molecule has 3 rings (SSSR count). The maximum absolute atomic E-state index is 11.7. The summed E-state index contributed by atoms with van der Waals surface area (Å²) in [6.07, 6.45) is 1.58. The number of rotatable bonds is 5. The predicted octanol–water partition coefficient (Wildman–Crippen LogP) is 2.15. The third-order valence-corrected chi connectivity index (χ3v) is 3.74. The minimum atomic E-state index is -0.0728. The second-order valence-electron chi connectivity index (χ2n) is 4.46. The molecule has 1 aromatic carbocycles. The Bertz CT molecular complexity index is 752. The molecule has 3 aromatic rings. The van der Waals surface area contributed by atoms with Gasteiger partial charge in [0.2, 0.25) is 5.91 Å². The van der Waals surface area contributed by atoms with Crippen molar-refractivity contribution in [1.29, 1.82) is 0 Å². The fourth-order valence-electron chi connectivity index (χ4n) is 1.86. The molecular weight excluding hydrogens is 288 g/mol. The minimum Gasteiger partial charge on any atom is -0.467 e. The van der Waals surface area contributed by atoms with Gasteiger partial charge in [0.25, 0.3) is 0 Å². The number of thioether (sulfide) groups is 1. The molecule has 0 fully saturated rings. The summed E-state index contributed by atoms with van der Waals surface area (Å²) in [5.74, 6) is 0.944. The van der Waals surface area contributed by atoms with Crippen molar-refractivity contribution in [3.8, 4) is 0 Å². The van der Waals surface area contributed by atoms with Gasteiger partial charge in [-0.15, -0.1) is 0 Å². The molecule has 0 aliphatic heterocycles. The molecule has 0 spiro atoms. The molecule has 0 radical (unpaired) electrons. The zero-order valence-corrected chi connectivity index (χ0v) is 11.9. The van der Waals surface area contributed by atoms with Gasteiger partial charge < -0.3 is 20.5 Å². The number of aromatic nitrogens is 2. The molecule has 0 bridgehead atoms. The molecule has 2 aromatic heterocycles. The van der Waals surface area contributed by atoms with Crippen LogP contribution in [0.1, 0.15) is 5.76 Å². The van der Waals surface area contributed by atoms with Gasteiger partial charge in [-0.1, -0.05) is 11.8 Å². The molecule has 0 saturated carbocycles. The van der Waals surface area contributed by atoms with Crippen LogP contribution in [0.2, 0.25) is 0 Å². The second kappa shape index (κ2) is 5.92. The number of furan rings is 1. The molecule has 6 nitrogen and oxygen atoms in total. The summed E-state index contributed by atoms with van der Waals surface area (Å²) in [5, 5.41) is 3.48. The highest BCUT2D eigenvalue weighted by Gasteiger charge is 2.07. The monoisotopic (exact) mass is 302 g/mol. The summed E-state index contributed by atoms with van der Waals surface area (Å²) in [7, 11) is 0. The molecule has 0 unspecified atom stereocenters. The highest BCUT2D eigenvalue weighted by Crippen LogP contribution is 2.20. The highest BCUT2D eigenvalue weighted by molar-refractivity contribution is 7.99. The van der Waals surface area contributed by atoms with Gasteiger partial charge in [0, 0.05) is 5.69 Å². The second-order valence-corrected chi connectivity index (χ2v) is 5.43. The topological polar surface area (TPSA) is 96.9 Å². The largest absolute Gasteiger partial charge is 0.467 e. The molecule has 7 heteroatoms. The van der Waals surface area contributed by atoms with E-state index >= 15 is 0 Å². The van der Waals surface area contributed by atoms with Crippen molar-refractivity contribution >= 4 is 34.4 Å². The van der Waals surface area contributed by atoms with E-state index in [1.54, 1.807) is 18.4 Å². The first-order chi connectivity index (χ1) is 10.2. The number of nitrogen functional groups attached to an aromatic ring is 1. The van der Waals surface area contributed by atoms with Crippen LogP contribution in [0.25, 0.3) is 11.0 Å². The molecular formula is C14H14N4O2S. The highest BCUT2D eigenvalue weighted by atomic mass is 32.2. The quantitative estimate of drug-likeness (QED) is 0.495. The van der Waals surface area contributed by atoms with E-state index < -0.39 is 0 Å². The number of carbonyl (C=O) groups excluding carboxylic acids is 1. The summed E-state index contributed by atoms with van der Waals surface area (Å²) < 4.78 is 5.15. The normalized spacial score (nSPS) is 10.9. The molecule has 0 aliphatic carbocycles. The SMILES string of the molecule is Nc1ccc2nc(SCC(=O)NCc3ccco3)[nH]c2c1. The fourth-order valence-corrected chi connectivity index (χ4v) is 2.57. The summed E-state index contributed by atoms with van der Waals surface area (Å²) in [6.45, 7) is 0.392. The van der Waals surface area contributed by atoms with Gasteiger partial charge in [-0.05, 0) is 30.3 Å². The van der Waals surface area contributed by atoms with Crippen molar-refractivity contribution in [2.45, 2.75) is 11.7 Å². The van der Waals surface area contributed by atoms with Crippen molar-refractivity contribution in [1.82, 2.24) is 15.3 Å². The lowest BCUT2D eigenvalue weighted by atomic mass is 10.3. The lowest BCUT2D eigenvalue weighted by Gasteiger charge is -2.01. The van der Waals surface area contributed by atoms with Crippen LogP contribution in [0.5, 0.6) is 0 Å². The van der Waals surface area contributed by atoms with Crippen LogP contribution in [0.15, 0.2) is 46.2 Å².